The number of hydrazone groups is 1. The Bertz CT molecular complexity index is 847. The van der Waals surface area contributed by atoms with Gasteiger partial charge < -0.3 is 0 Å². The third-order valence-electron chi connectivity index (χ3n) is 3.69. The number of anilines is 3. The number of para-hydroxylation sites is 2. The van der Waals surface area contributed by atoms with Crippen molar-refractivity contribution in [1.82, 2.24) is 5.53 Å². The summed E-state index contributed by atoms with van der Waals surface area (Å²) in [6, 6.07) is 11.5. The zero-order chi connectivity index (χ0) is 16.9. The van der Waals surface area contributed by atoms with Gasteiger partial charge in [0.2, 0.25) is 5.84 Å². The Morgan fingerprint density at radius 1 is 0.958 bits per heavy atom. The number of carbonyl (C=O) groups is 1. The van der Waals surface area contributed by atoms with Crippen molar-refractivity contribution in [2.24, 2.45) is 5.10 Å². The number of rotatable bonds is 1. The number of nitrogens with one attached hydrogen (secondary N) is 2. The third-order valence-corrected chi connectivity index (χ3v) is 3.69. The van der Waals surface area contributed by atoms with E-state index in [1.807, 2.05) is 6.07 Å². The van der Waals surface area contributed by atoms with Gasteiger partial charge in [-0.3, -0.25) is 10.2 Å². The number of halogens is 3. The maximum Gasteiger partial charge on any atom is 0.416 e. The smallest absolute Gasteiger partial charge is 0.274 e. The van der Waals surface area contributed by atoms with E-state index < -0.39 is 17.6 Å². The fraction of sp³-hybridized carbons (Fsp3) is 0.0667. The van der Waals surface area contributed by atoms with Gasteiger partial charge in [0.25, 0.3) is 0 Å². The van der Waals surface area contributed by atoms with Crippen LogP contribution in [-0.4, -0.2) is 11.7 Å². The highest BCUT2D eigenvalue weighted by Gasteiger charge is 2.39. The van der Waals surface area contributed by atoms with Gasteiger partial charge in [-0.1, -0.05) is 12.1 Å². The molecule has 9 heteroatoms. The normalized spacial score (nSPS) is 16.5. The lowest BCUT2D eigenvalue weighted by molar-refractivity contribution is -0.137. The molecular weight excluding hydrogens is 323 g/mol. The van der Waals surface area contributed by atoms with E-state index >= 15 is 0 Å². The standard InChI is InChI=1S/C15H10F3N5O/c16-15(17,18)9-5-7-10(8-6-9)22-14(24)13-20-19-11-3-1-2-4-12(11)23(13)21-22/h1-8,19,21H. The van der Waals surface area contributed by atoms with Crippen molar-refractivity contribution in [2.75, 3.05) is 15.4 Å². The number of amides is 1. The van der Waals surface area contributed by atoms with E-state index in [2.05, 4.69) is 16.1 Å². The number of amidine groups is 1. The fourth-order valence-electron chi connectivity index (χ4n) is 2.51. The first kappa shape index (κ1) is 14.5. The van der Waals surface area contributed by atoms with Gasteiger partial charge in [-0.05, 0) is 36.4 Å². The number of alkyl halides is 3. The zero-order valence-electron chi connectivity index (χ0n) is 12.0. The van der Waals surface area contributed by atoms with Crippen LogP contribution in [0.2, 0.25) is 0 Å². The number of carbonyl (C=O) groups excluding carboxylic acids is 1. The molecule has 1 amide bonds. The zero-order valence-corrected chi connectivity index (χ0v) is 12.0. The molecule has 122 valence electrons. The lowest BCUT2D eigenvalue weighted by atomic mass is 10.2. The molecule has 2 aliphatic rings. The van der Waals surface area contributed by atoms with E-state index in [0.29, 0.717) is 11.4 Å². The highest BCUT2D eigenvalue weighted by atomic mass is 19.4. The minimum atomic E-state index is -4.43. The molecule has 0 aromatic heterocycles. The average molecular weight is 333 g/mol. The number of benzene rings is 2. The second kappa shape index (κ2) is 4.96. The number of fused-ring (bicyclic) bond motifs is 3. The van der Waals surface area contributed by atoms with Crippen molar-refractivity contribution in [3.63, 3.8) is 0 Å². The van der Waals surface area contributed by atoms with Crippen molar-refractivity contribution < 1.29 is 18.0 Å². The minimum absolute atomic E-state index is 0.105. The summed E-state index contributed by atoms with van der Waals surface area (Å²) in [6.07, 6.45) is -4.43. The summed E-state index contributed by atoms with van der Waals surface area (Å²) in [7, 11) is 0. The van der Waals surface area contributed by atoms with Crippen LogP contribution < -0.4 is 21.0 Å². The van der Waals surface area contributed by atoms with E-state index in [0.717, 1.165) is 17.1 Å². The van der Waals surface area contributed by atoms with E-state index in [-0.39, 0.29) is 11.5 Å². The minimum Gasteiger partial charge on any atom is -0.274 e. The topological polar surface area (TPSA) is 60.0 Å². The Labute approximate surface area is 134 Å². The van der Waals surface area contributed by atoms with E-state index in [4.69, 9.17) is 0 Å². The Balaban J connectivity index is 1.66. The van der Waals surface area contributed by atoms with Crippen LogP contribution in [0, 0.1) is 0 Å². The molecule has 0 unspecified atom stereocenters. The molecule has 0 radical (unpaired) electrons. The number of hydrogen-bond acceptors (Lipinski definition) is 5. The van der Waals surface area contributed by atoms with Crippen molar-refractivity contribution in [2.45, 2.75) is 6.18 Å². The molecular formula is C15H10F3N5O. The van der Waals surface area contributed by atoms with Gasteiger partial charge in [-0.25, -0.2) is 10.0 Å². The van der Waals surface area contributed by atoms with Gasteiger partial charge in [-0.15, -0.1) is 10.6 Å². The largest absolute Gasteiger partial charge is 0.416 e. The highest BCUT2D eigenvalue weighted by Crippen LogP contribution is 2.33. The molecule has 2 aliphatic heterocycles. The molecule has 0 spiro atoms. The van der Waals surface area contributed by atoms with E-state index in [1.165, 1.54) is 17.1 Å². The van der Waals surface area contributed by atoms with Crippen LogP contribution in [-0.2, 0) is 11.0 Å². The van der Waals surface area contributed by atoms with Crippen molar-refractivity contribution in [3.05, 3.63) is 54.1 Å². The first-order chi connectivity index (χ1) is 11.4. The summed E-state index contributed by atoms with van der Waals surface area (Å²) in [5, 5.41) is 6.62. The van der Waals surface area contributed by atoms with Gasteiger partial charge in [0.1, 0.15) is 0 Å². The Morgan fingerprint density at radius 3 is 2.38 bits per heavy atom. The summed E-state index contributed by atoms with van der Waals surface area (Å²) in [5.74, 6) is -0.370. The molecule has 4 rings (SSSR count). The third kappa shape index (κ3) is 2.17. The van der Waals surface area contributed by atoms with Crippen LogP contribution in [0.4, 0.5) is 30.2 Å². The molecule has 2 N–H and O–H groups in total. The molecule has 2 aromatic carbocycles. The van der Waals surface area contributed by atoms with Gasteiger partial charge in [0.05, 0.1) is 22.6 Å². The second-order valence-corrected chi connectivity index (χ2v) is 5.18. The summed E-state index contributed by atoms with van der Waals surface area (Å²) in [6.45, 7) is 0. The first-order valence-electron chi connectivity index (χ1n) is 6.96. The van der Waals surface area contributed by atoms with Crippen LogP contribution in [0.5, 0.6) is 0 Å². The van der Waals surface area contributed by atoms with Crippen LogP contribution in [0.15, 0.2) is 53.6 Å². The SMILES string of the molecule is O=C1C2=NNc3ccccc3N2NN1c1ccc(C(F)(F)F)cc1. The summed E-state index contributed by atoms with van der Waals surface area (Å²) < 4.78 is 37.9. The van der Waals surface area contributed by atoms with Crippen LogP contribution >= 0.6 is 0 Å². The highest BCUT2D eigenvalue weighted by molar-refractivity contribution is 6.49. The molecule has 2 heterocycles. The number of nitrogens with zero attached hydrogens (tertiary/aromatic N) is 3. The maximum atomic E-state index is 12.6. The molecule has 2 aromatic rings. The average Bonchev–Trinajstić information content (AvgIpc) is 2.92. The fourth-order valence-corrected chi connectivity index (χ4v) is 2.51. The van der Waals surface area contributed by atoms with Crippen molar-refractivity contribution in [3.8, 4) is 0 Å². The molecule has 6 nitrogen and oxygen atoms in total. The van der Waals surface area contributed by atoms with Crippen molar-refractivity contribution in [1.29, 1.82) is 0 Å². The van der Waals surface area contributed by atoms with Crippen LogP contribution in [0.25, 0.3) is 0 Å². The van der Waals surface area contributed by atoms with Gasteiger partial charge in [0, 0.05) is 0 Å². The second-order valence-electron chi connectivity index (χ2n) is 5.18. The first-order valence-corrected chi connectivity index (χ1v) is 6.96. The number of hydrogen-bond donors (Lipinski definition) is 2. The van der Waals surface area contributed by atoms with E-state index in [9.17, 15) is 18.0 Å². The van der Waals surface area contributed by atoms with Gasteiger partial charge in [-0.2, -0.15) is 13.2 Å². The van der Waals surface area contributed by atoms with E-state index in [1.54, 1.807) is 18.2 Å². The Hall–Kier alpha value is -3.07. The summed E-state index contributed by atoms with van der Waals surface area (Å²) in [4.78, 5) is 12.5. The Morgan fingerprint density at radius 2 is 1.67 bits per heavy atom. The van der Waals surface area contributed by atoms with Crippen LogP contribution in [0.1, 0.15) is 5.56 Å². The lowest BCUT2D eigenvalue weighted by Gasteiger charge is -2.24. The maximum absolute atomic E-state index is 12.6. The molecule has 0 bridgehead atoms. The summed E-state index contributed by atoms with van der Waals surface area (Å²) in [5.41, 5.74) is 6.51. The number of hydrazine groups is 2. The predicted octanol–water partition coefficient (Wildman–Crippen LogP) is 2.72. The molecule has 1 fully saturated rings. The molecule has 24 heavy (non-hydrogen) atoms. The molecule has 0 atom stereocenters. The quantitative estimate of drug-likeness (QED) is 0.842. The Kier molecular flexibility index (Phi) is 3.00. The van der Waals surface area contributed by atoms with Crippen molar-refractivity contribution >= 4 is 28.8 Å². The molecule has 1 saturated heterocycles. The monoisotopic (exact) mass is 333 g/mol. The summed E-state index contributed by atoms with van der Waals surface area (Å²) >= 11 is 0. The van der Waals surface area contributed by atoms with Crippen LogP contribution in [0.3, 0.4) is 0 Å². The lowest BCUT2D eigenvalue weighted by Crippen LogP contribution is -2.42. The van der Waals surface area contributed by atoms with Gasteiger partial charge in [0.15, 0.2) is 0 Å². The predicted molar refractivity (Wildman–Crippen MR) is 82.0 cm³/mol. The van der Waals surface area contributed by atoms with Gasteiger partial charge >= 0.3 is 12.1 Å². The molecule has 0 saturated carbocycles. The molecule has 0 aliphatic carbocycles.